The van der Waals surface area contributed by atoms with Crippen LogP contribution in [0.3, 0.4) is 0 Å². The van der Waals surface area contributed by atoms with Crippen LogP contribution < -0.4 is 27.8 Å². The lowest BCUT2D eigenvalue weighted by Crippen LogP contribution is -2.27. The molecule has 5 atom stereocenters. The molecule has 0 bridgehead atoms. The number of carboxylic acids is 3. The number of Topliss-reactive ketones (excluding diaryl/α,β-unsaturated/α-hetero) is 6. The lowest BCUT2D eigenvalue weighted by atomic mass is 9.87. The fraction of sp³-hybridized carbons (Fsp3) is 0.480. The van der Waals surface area contributed by atoms with Gasteiger partial charge in [-0.2, -0.15) is 4.91 Å². The minimum Gasteiger partial charge on any atom is -0.481 e. The number of hydrogen-bond acceptors (Lipinski definition) is 32. The van der Waals surface area contributed by atoms with Crippen LogP contribution in [0.15, 0.2) is 127 Å². The Morgan fingerprint density at radius 2 is 0.650 bits per heavy atom. The minimum absolute atomic E-state index is 0. The molecule has 0 aliphatic heterocycles. The van der Waals surface area contributed by atoms with Gasteiger partial charge in [-0.25, -0.2) is 14.4 Å². The summed E-state index contributed by atoms with van der Waals surface area (Å²) in [7, 11) is -1.00. The van der Waals surface area contributed by atoms with Crippen molar-refractivity contribution in [2.45, 2.75) is 259 Å². The number of nitrogens with zero attached hydrogens (tertiary/aromatic N) is 3. The fourth-order valence-corrected chi connectivity index (χ4v) is 11.8. The molecule has 5 aromatic carbocycles. The molecule has 5 unspecified atom stereocenters. The van der Waals surface area contributed by atoms with E-state index in [-0.39, 0.29) is 213 Å². The number of amides is 2. The first-order chi connectivity index (χ1) is 66.0. The second kappa shape index (κ2) is 76.2. The molecule has 140 heavy (non-hydrogen) atoms. The van der Waals surface area contributed by atoms with Gasteiger partial charge in [-0.3, -0.25) is 97.6 Å². The van der Waals surface area contributed by atoms with Crippen molar-refractivity contribution in [1.82, 2.24) is 0 Å². The van der Waals surface area contributed by atoms with Crippen LogP contribution in [0.25, 0.3) is 0 Å². The molecule has 0 saturated heterocycles. The van der Waals surface area contributed by atoms with Gasteiger partial charge in [0.05, 0.1) is 103 Å². The Morgan fingerprint density at radius 3 is 0.879 bits per heavy atom. The second-order valence-electron chi connectivity index (χ2n) is 31.6. The van der Waals surface area contributed by atoms with Gasteiger partial charge in [0.25, 0.3) is 11.4 Å². The second-order valence-corrected chi connectivity index (χ2v) is 31.6. The van der Waals surface area contributed by atoms with E-state index in [0.717, 1.165) is 11.1 Å². The molecule has 5 aromatic rings. The molecule has 2 amide bonds. The normalized spacial score (nSPS) is 11.2. The average Bonchev–Trinajstić information content (AvgIpc) is 0.857. The number of esters is 5. The zero-order chi connectivity index (χ0) is 107. The molecule has 0 heterocycles. The maximum Gasteiger partial charge on any atom is 0.412 e. The van der Waals surface area contributed by atoms with E-state index in [1.54, 1.807) is 137 Å². The van der Waals surface area contributed by atoms with Crippen molar-refractivity contribution >= 4 is 123 Å². The van der Waals surface area contributed by atoms with E-state index in [0.29, 0.717) is 72.8 Å². The SMILES string of the molecule is C.C#CCCC(=O)CC(CC(=O)CCC(=O)OCC)c1ccc(N)cc1.C#CCCC(=O)CC(CC(=O)CCC(=O)OCC)c1ccc(NC(=O)OC(C)(C)C)cc1.C#CCN.CCOC(=O)CCC(=O)CC(CC(=O)O)c1ccc(NC(=O)OC(C)(C)C)cc1.CCOC(=O)CCC(=O)CC(CC(=O)O)c1ccc([N+](=O)[O-])cc1.CCOC(=O)CN=O.NC(CC(=O)O)c1ccc([N+](=O)[O-])cc1.[2H]CF. The van der Waals surface area contributed by atoms with Crippen molar-refractivity contribution in [3.8, 4) is 37.0 Å². The number of carboxylic acid groups (broad SMARTS) is 3. The highest BCUT2D eigenvalue weighted by Gasteiger charge is 2.27. The smallest absolute Gasteiger partial charge is 0.412 e. The van der Waals surface area contributed by atoms with Gasteiger partial charge in [-0.1, -0.05) is 79.2 Å². The summed E-state index contributed by atoms with van der Waals surface area (Å²) >= 11 is 0. The number of nitroso groups, excluding NO2 is 1. The maximum atomic E-state index is 12.5. The van der Waals surface area contributed by atoms with Gasteiger partial charge in [0.15, 0.2) is 6.54 Å². The van der Waals surface area contributed by atoms with E-state index in [1.807, 2.05) is 12.1 Å². The Balaban J connectivity index is -0.000000809. The third-order valence-electron chi connectivity index (χ3n) is 18.0. The molecule has 0 spiro atoms. The molecule has 5 rings (SSSR count). The summed E-state index contributed by atoms with van der Waals surface area (Å²) < 4.78 is 49.5. The van der Waals surface area contributed by atoms with Crippen LogP contribution in [0.4, 0.5) is 42.4 Å². The Hall–Kier alpha value is -14.9. The molecule has 39 nitrogen and oxygen atoms in total. The summed E-state index contributed by atoms with van der Waals surface area (Å²) in [4.78, 5) is 214. The molecule has 40 heteroatoms. The Bertz CT molecular complexity index is 4870. The third kappa shape index (κ3) is 68.2. The van der Waals surface area contributed by atoms with Gasteiger partial charge in [-0.15, -0.1) is 31.1 Å². The van der Waals surface area contributed by atoms with Crippen LogP contribution >= 0.6 is 0 Å². The molecule has 768 valence electrons. The van der Waals surface area contributed by atoms with Crippen molar-refractivity contribution in [3.63, 3.8) is 0 Å². The number of non-ortho nitro benzene ring substituents is 2. The van der Waals surface area contributed by atoms with Gasteiger partial charge < -0.3 is 65.7 Å². The first kappa shape index (κ1) is 129. The van der Waals surface area contributed by atoms with E-state index in [4.69, 9.17) is 75.2 Å². The molecule has 0 aliphatic carbocycles. The maximum absolute atomic E-state index is 12.5. The fourth-order valence-electron chi connectivity index (χ4n) is 11.8. The number of alkyl halides is 1. The number of carbonyl (C=O) groups excluding carboxylic acids is 13. The van der Waals surface area contributed by atoms with Gasteiger partial charge in [0, 0.05) is 149 Å². The topological polar surface area (TPSA) is 616 Å². The van der Waals surface area contributed by atoms with E-state index in [9.17, 15) is 106 Å². The summed E-state index contributed by atoms with van der Waals surface area (Å²) in [5.74, 6) is -0.648. The number of benzene rings is 5. The number of anilines is 3. The summed E-state index contributed by atoms with van der Waals surface area (Å²) in [6.07, 6.45) is 15.4. The molecular weight excluding hydrogens is 1830 g/mol. The van der Waals surface area contributed by atoms with Crippen LogP contribution in [0, 0.1) is 62.2 Å². The molecule has 0 aromatic heterocycles. The minimum atomic E-state index is -1.07. The number of hydrogen-bond donors (Lipinski definition) is 8. The number of carbonyl (C=O) groups is 16. The number of halogens is 1. The molecule has 0 aliphatic rings. The van der Waals surface area contributed by atoms with E-state index in [1.165, 1.54) is 48.5 Å². The number of rotatable bonds is 50. The lowest BCUT2D eigenvalue weighted by Gasteiger charge is -2.20. The van der Waals surface area contributed by atoms with E-state index >= 15 is 0 Å². The number of nitrogens with two attached hydrogens (primary N) is 3. The summed E-state index contributed by atoms with van der Waals surface area (Å²) in [5.41, 5.74) is 19.8. The highest BCUT2D eigenvalue weighted by Crippen LogP contribution is 2.32. The Morgan fingerprint density at radius 1 is 0.414 bits per heavy atom. The first-order valence-electron chi connectivity index (χ1n) is 44.7. The van der Waals surface area contributed by atoms with Crippen molar-refractivity contribution in [3.05, 3.63) is 174 Å². The molecular formula is C100H135FN8O31. The number of nitrogens with one attached hydrogen (secondary N) is 2. The van der Waals surface area contributed by atoms with Gasteiger partial charge >= 0.3 is 59.9 Å². The Kier molecular flexibility index (Phi) is 70.4. The quantitative estimate of drug-likeness (QED) is 0.00341. The number of terminal acetylenes is 3. The van der Waals surface area contributed by atoms with Crippen LogP contribution in [0.5, 0.6) is 0 Å². The molecule has 0 saturated carbocycles. The molecule has 11 N–H and O–H groups in total. The third-order valence-corrected chi connectivity index (χ3v) is 18.0. The zero-order valence-corrected chi connectivity index (χ0v) is 80.4. The van der Waals surface area contributed by atoms with Crippen molar-refractivity contribution < 1.29 is 141 Å². The van der Waals surface area contributed by atoms with Crippen molar-refractivity contribution in [1.29, 1.82) is 0 Å². The number of ketones is 6. The number of nitro groups is 2. The van der Waals surface area contributed by atoms with Gasteiger partial charge in [0.2, 0.25) is 0 Å². The Labute approximate surface area is 817 Å². The highest BCUT2D eigenvalue weighted by molar-refractivity contribution is 5.89. The summed E-state index contributed by atoms with van der Waals surface area (Å²) in [6.45, 7) is 20.3. The van der Waals surface area contributed by atoms with E-state index in [2.05, 4.69) is 44.7 Å². The number of ether oxygens (including phenoxy) is 7. The van der Waals surface area contributed by atoms with Crippen LogP contribution in [-0.4, -0.2) is 184 Å². The predicted molar refractivity (Wildman–Crippen MR) is 521 cm³/mol. The first-order valence-corrected chi connectivity index (χ1v) is 43.9. The van der Waals surface area contributed by atoms with Gasteiger partial charge in [0.1, 0.15) is 45.9 Å². The van der Waals surface area contributed by atoms with Crippen LogP contribution in [0.2, 0.25) is 0 Å². The van der Waals surface area contributed by atoms with Crippen molar-refractivity contribution in [2.75, 3.05) is 69.6 Å². The van der Waals surface area contributed by atoms with Gasteiger partial charge in [-0.05, 0) is 152 Å². The molecule has 0 radical (unpaired) electrons. The number of nitro benzene ring substituents is 2. The monoisotopic (exact) mass is 1960 g/mol. The zero-order valence-electron chi connectivity index (χ0n) is 81.4. The van der Waals surface area contributed by atoms with Crippen LogP contribution in [0.1, 0.15) is 277 Å². The van der Waals surface area contributed by atoms with Crippen LogP contribution in [-0.2, 0) is 100 Å². The predicted octanol–water partition coefficient (Wildman–Crippen LogP) is 16.4. The summed E-state index contributed by atoms with van der Waals surface area (Å²) in [6, 6.07) is 31.0. The van der Waals surface area contributed by atoms with E-state index < -0.39 is 100 Å². The summed E-state index contributed by atoms with van der Waals surface area (Å²) in [5, 5.41) is 55.2. The number of aliphatic carboxylic acids is 3. The number of nitrogen functional groups attached to an aromatic ring is 1. The van der Waals surface area contributed by atoms with Crippen molar-refractivity contribution in [2.24, 2.45) is 16.6 Å². The molecule has 0 fully saturated rings. The average molecular weight is 1970 g/mol. The largest absolute Gasteiger partial charge is 0.481 e. The highest BCUT2D eigenvalue weighted by atomic mass is 19.1. The standard InChI is InChI=1S/C25H33NO6.C21H29NO7.C20H25NO4.C16H19NO7.C9H10N2O4.C4H7NO3.C3H5N.CH3F.CH4/c1-6-8-9-21(27)16-19(17-22(28)14-15-23(29)31-7-2)18-10-12-20(13-11-18)26-24(30)32-25(3,4)5;1-5-28-19(26)11-10-17(23)12-15(13-18(24)25)14-6-8-16(9-7-14)22-20(27)29-21(2,3)4;1-3-5-6-18(22)13-16(15-7-9-17(21)10-8-15)14-19(23)11-12-20(24)25-4-2;1-2-24-16(21)8-7-14(18)9-12(10-15(19)20)11-3-5-13(6-4-11)17(22)23;10-8(5-9(12)13)6-1-3-7(4-2-6)11(14)15;1-2-8-4(6)3-5-7;1-2-3-4;1-2;/h1,10-13,19H,7-9,14-17H2,2-5H3,(H,26,30);6-9,15H,5,10-13H2,1-4H3,(H,22,27)(H,24,25);1,7-10,16H,4-6,11-14,21H2,2H3;3-6,12H,2,7-10H2,1H3,(H,19,20);1-4,8H,5,10H2,(H,12,13);2-3H2,1H3;1H,3-4H2;1H3;1H4/i;;;;;;;1D;. The lowest BCUT2D eigenvalue weighted by molar-refractivity contribution is -0.385.